The lowest BCUT2D eigenvalue weighted by Crippen LogP contribution is -2.33. The number of nitrogens with zero attached hydrogens (tertiary/aromatic N) is 5. The van der Waals surface area contributed by atoms with E-state index in [-0.39, 0.29) is 0 Å². The highest BCUT2D eigenvalue weighted by Crippen LogP contribution is 2.50. The fourth-order valence-corrected chi connectivity index (χ4v) is 16.0. The SMILES string of the molecule is CCCCC(CC)CCC1CCN(c2cc3sc(-c4c5nsnc5c(-c5cc6sc(N7CCC(CCC(CC)CCCC)CC7)cc6s5)c5[nH]c(CCC)nc45)cc3s2)CC1. The summed E-state index contributed by atoms with van der Waals surface area (Å²) in [6.07, 6.45) is 24.0. The number of imidazole rings is 1. The van der Waals surface area contributed by atoms with Gasteiger partial charge in [-0.1, -0.05) is 112 Å². The molecule has 2 fully saturated rings. The van der Waals surface area contributed by atoms with E-state index in [1.54, 1.807) is 0 Å². The van der Waals surface area contributed by atoms with Gasteiger partial charge in [-0.2, -0.15) is 8.75 Å². The molecule has 2 aliphatic heterocycles. The first-order valence-electron chi connectivity index (χ1n) is 24.2. The third-order valence-corrected chi connectivity index (χ3v) is 19.7. The molecule has 9 rings (SSSR count). The molecule has 6 nitrogen and oxygen atoms in total. The molecule has 328 valence electrons. The van der Waals surface area contributed by atoms with Crippen molar-refractivity contribution >= 4 is 108 Å². The molecule has 2 unspecified atom stereocenters. The number of aryl methyl sites for hydroxylation is 1. The van der Waals surface area contributed by atoms with Gasteiger partial charge in [0.2, 0.25) is 0 Å². The van der Waals surface area contributed by atoms with Gasteiger partial charge in [-0.15, -0.1) is 45.3 Å². The van der Waals surface area contributed by atoms with E-state index in [0.717, 1.165) is 70.0 Å². The number of rotatable bonds is 20. The van der Waals surface area contributed by atoms with Crippen LogP contribution in [-0.4, -0.2) is 44.9 Å². The summed E-state index contributed by atoms with van der Waals surface area (Å²) >= 11 is 9.11. The van der Waals surface area contributed by atoms with Crippen LogP contribution in [0.15, 0.2) is 24.3 Å². The molecule has 1 aromatic carbocycles. The molecule has 11 heteroatoms. The molecule has 0 amide bonds. The van der Waals surface area contributed by atoms with E-state index >= 15 is 0 Å². The van der Waals surface area contributed by atoms with Gasteiger partial charge in [0.1, 0.15) is 22.4 Å². The van der Waals surface area contributed by atoms with Crippen LogP contribution < -0.4 is 9.80 Å². The monoisotopic (exact) mass is 912 g/mol. The van der Waals surface area contributed by atoms with E-state index < -0.39 is 0 Å². The molecule has 7 aromatic rings. The Morgan fingerprint density at radius 2 is 1.08 bits per heavy atom. The molecule has 0 saturated carbocycles. The number of benzene rings is 1. The van der Waals surface area contributed by atoms with E-state index in [0.29, 0.717) is 0 Å². The van der Waals surface area contributed by atoms with Gasteiger partial charge in [0.05, 0.1) is 27.2 Å². The van der Waals surface area contributed by atoms with E-state index in [2.05, 4.69) is 73.7 Å². The van der Waals surface area contributed by atoms with Crippen molar-refractivity contribution in [1.82, 2.24) is 18.7 Å². The summed E-state index contributed by atoms with van der Waals surface area (Å²) in [6.45, 7) is 16.5. The third-order valence-electron chi connectivity index (χ3n) is 14.5. The quantitative estimate of drug-likeness (QED) is 0.0825. The van der Waals surface area contributed by atoms with Crippen molar-refractivity contribution in [3.63, 3.8) is 0 Å². The van der Waals surface area contributed by atoms with Crippen LogP contribution in [0, 0.1) is 23.7 Å². The van der Waals surface area contributed by atoms with Gasteiger partial charge in [0.25, 0.3) is 0 Å². The summed E-state index contributed by atoms with van der Waals surface area (Å²) < 4.78 is 15.6. The number of nitrogens with one attached hydrogen (secondary N) is 1. The van der Waals surface area contributed by atoms with Gasteiger partial charge < -0.3 is 14.8 Å². The fraction of sp³-hybridized carbons (Fsp3) is 0.620. The second kappa shape index (κ2) is 20.1. The van der Waals surface area contributed by atoms with Crippen LogP contribution in [-0.2, 0) is 6.42 Å². The molecule has 1 N–H and O–H groups in total. The van der Waals surface area contributed by atoms with Crippen molar-refractivity contribution in [2.45, 2.75) is 150 Å². The predicted octanol–water partition coefficient (Wildman–Crippen LogP) is 16.8. The number of anilines is 2. The minimum absolute atomic E-state index is 0.893. The Hall–Kier alpha value is -2.57. The zero-order valence-corrected chi connectivity index (χ0v) is 41.5. The van der Waals surface area contributed by atoms with Crippen LogP contribution in [0.5, 0.6) is 0 Å². The van der Waals surface area contributed by atoms with Crippen LogP contribution in [0.25, 0.3) is 61.7 Å². The highest BCUT2D eigenvalue weighted by atomic mass is 32.1. The van der Waals surface area contributed by atoms with Crippen LogP contribution >= 0.6 is 57.1 Å². The summed E-state index contributed by atoms with van der Waals surface area (Å²) in [6, 6.07) is 9.78. The van der Waals surface area contributed by atoms with Crippen molar-refractivity contribution in [3.8, 4) is 20.9 Å². The molecule has 2 atom stereocenters. The smallest absolute Gasteiger partial charge is 0.116 e. The minimum atomic E-state index is 0.893. The molecule has 0 spiro atoms. The molecule has 8 heterocycles. The van der Waals surface area contributed by atoms with Gasteiger partial charge in [-0.05, 0) is 80.0 Å². The average Bonchev–Trinajstić information content (AvgIpc) is 4.14. The number of thiophene rings is 4. The highest BCUT2D eigenvalue weighted by Gasteiger charge is 2.28. The van der Waals surface area contributed by atoms with E-state index in [1.165, 1.54) is 185 Å². The Bertz CT molecular complexity index is 2250. The number of hydrogen-bond donors (Lipinski definition) is 1. The fourth-order valence-electron chi connectivity index (χ4n) is 10.5. The van der Waals surface area contributed by atoms with Crippen LogP contribution in [0.4, 0.5) is 10.0 Å². The first kappa shape index (κ1) is 43.7. The second-order valence-corrected chi connectivity index (χ2v) is 23.4. The van der Waals surface area contributed by atoms with Crippen molar-refractivity contribution in [1.29, 1.82) is 0 Å². The summed E-state index contributed by atoms with van der Waals surface area (Å²) in [7, 11) is 0. The van der Waals surface area contributed by atoms with Gasteiger partial charge in [-0.25, -0.2) is 4.98 Å². The molecule has 0 aliphatic carbocycles. The number of fused-ring (bicyclic) bond motifs is 4. The van der Waals surface area contributed by atoms with Crippen LogP contribution in [0.2, 0.25) is 0 Å². The third kappa shape index (κ3) is 9.48. The van der Waals surface area contributed by atoms with Crippen molar-refractivity contribution in [3.05, 3.63) is 30.1 Å². The lowest BCUT2D eigenvalue weighted by Gasteiger charge is -2.33. The van der Waals surface area contributed by atoms with Crippen LogP contribution in [0.3, 0.4) is 0 Å². The maximum absolute atomic E-state index is 5.34. The molecule has 2 saturated heterocycles. The highest BCUT2D eigenvalue weighted by molar-refractivity contribution is 7.32. The standard InChI is InChI=1S/C50H68N6S5/c1-6-11-14-32(9-4)16-18-34-20-24-55(25-21-34)43-30-38-36(59-43)28-40(57-38)45-47-48(52-42(51-47)13-8-3)46(50-49(45)53-61-54-50)41-29-37-39(58-41)31-44(60-37)56-26-22-35(23-27-56)19-17-33(10-5)15-12-7-2/h28-35H,6-27H2,1-5H3,(H,51,52). The summed E-state index contributed by atoms with van der Waals surface area (Å²) in [5.41, 5.74) is 6.49. The Morgan fingerprint density at radius 3 is 1.56 bits per heavy atom. The molecule has 0 radical (unpaired) electrons. The predicted molar refractivity (Wildman–Crippen MR) is 273 cm³/mol. The zero-order chi connectivity index (χ0) is 41.9. The number of aromatic amines is 1. The first-order chi connectivity index (χ1) is 30.0. The number of piperidine rings is 2. The molecule has 61 heavy (non-hydrogen) atoms. The van der Waals surface area contributed by atoms with Crippen molar-refractivity contribution in [2.75, 3.05) is 36.0 Å². The van der Waals surface area contributed by atoms with Crippen molar-refractivity contribution < 1.29 is 0 Å². The minimum Gasteiger partial charge on any atom is -0.363 e. The Balaban J connectivity index is 0.924. The molecular formula is C50H68N6S5. The summed E-state index contributed by atoms with van der Waals surface area (Å²) in [5.74, 6) is 4.70. The Morgan fingerprint density at radius 1 is 0.590 bits per heavy atom. The largest absolute Gasteiger partial charge is 0.363 e. The van der Waals surface area contributed by atoms with Gasteiger partial charge in [0, 0.05) is 72.3 Å². The van der Waals surface area contributed by atoms with E-state index in [1.807, 2.05) is 45.3 Å². The van der Waals surface area contributed by atoms with Gasteiger partial charge in [-0.3, -0.25) is 0 Å². The summed E-state index contributed by atoms with van der Waals surface area (Å²) in [4.78, 5) is 17.0. The maximum atomic E-state index is 5.34. The van der Waals surface area contributed by atoms with E-state index in [9.17, 15) is 0 Å². The number of unbranched alkanes of at least 4 members (excludes halogenated alkanes) is 2. The number of hydrogen-bond acceptors (Lipinski definition) is 10. The Kier molecular flexibility index (Phi) is 14.4. The molecule has 2 aliphatic rings. The zero-order valence-electron chi connectivity index (χ0n) is 37.5. The normalized spacial score (nSPS) is 17.0. The van der Waals surface area contributed by atoms with E-state index in [4.69, 9.17) is 13.7 Å². The average molecular weight is 913 g/mol. The summed E-state index contributed by atoms with van der Waals surface area (Å²) in [5, 5.41) is 2.88. The molecule has 0 bridgehead atoms. The topological polar surface area (TPSA) is 60.9 Å². The van der Waals surface area contributed by atoms with Crippen LogP contribution in [0.1, 0.15) is 150 Å². The first-order valence-corrected chi connectivity index (χ1v) is 28.2. The lowest BCUT2D eigenvalue weighted by atomic mass is 9.86. The second-order valence-electron chi connectivity index (χ2n) is 18.6. The maximum Gasteiger partial charge on any atom is 0.116 e. The van der Waals surface area contributed by atoms with Gasteiger partial charge >= 0.3 is 0 Å². The lowest BCUT2D eigenvalue weighted by molar-refractivity contribution is 0.321. The van der Waals surface area contributed by atoms with Crippen molar-refractivity contribution in [2.24, 2.45) is 23.7 Å². The molecular weight excluding hydrogens is 845 g/mol. The molecule has 6 aromatic heterocycles. The Labute approximate surface area is 384 Å². The van der Waals surface area contributed by atoms with Gasteiger partial charge in [0.15, 0.2) is 0 Å². The number of aromatic nitrogens is 4. The number of H-pyrrole nitrogens is 1.